The van der Waals surface area contributed by atoms with Crippen molar-refractivity contribution in [3.8, 4) is 0 Å². The molecule has 0 radical (unpaired) electrons. The smallest absolute Gasteiger partial charge is 0.156 e. The van der Waals surface area contributed by atoms with Crippen molar-refractivity contribution in [2.75, 3.05) is 19.8 Å². The van der Waals surface area contributed by atoms with Crippen LogP contribution in [-0.4, -0.2) is 47.6 Å². The van der Waals surface area contributed by atoms with E-state index in [1.165, 1.54) is 0 Å². The second-order valence-electron chi connectivity index (χ2n) is 3.89. The van der Waals surface area contributed by atoms with Crippen LogP contribution in [0.15, 0.2) is 5.16 Å². The Bertz CT molecular complexity index is 227. The molecular formula is C9H19N3O3. The minimum Gasteiger partial charge on any atom is -0.409 e. The molecule has 1 rings (SSSR count). The molecule has 0 spiro atoms. The lowest BCUT2D eigenvalue weighted by atomic mass is 10.0. The van der Waals surface area contributed by atoms with Crippen LogP contribution in [0.2, 0.25) is 0 Å². The number of ether oxygens (including phenoxy) is 1. The van der Waals surface area contributed by atoms with Crippen LogP contribution in [0, 0.1) is 0 Å². The number of aliphatic hydroxyl groups is 1. The molecule has 2 atom stereocenters. The van der Waals surface area contributed by atoms with Gasteiger partial charge in [-0.05, 0) is 6.42 Å². The van der Waals surface area contributed by atoms with E-state index in [0.717, 1.165) is 0 Å². The molecule has 6 heteroatoms. The summed E-state index contributed by atoms with van der Waals surface area (Å²) >= 11 is 0. The van der Waals surface area contributed by atoms with Crippen LogP contribution in [0.4, 0.5) is 0 Å². The van der Waals surface area contributed by atoms with Gasteiger partial charge >= 0.3 is 0 Å². The number of nitrogens with zero attached hydrogens (tertiary/aromatic N) is 1. The van der Waals surface area contributed by atoms with E-state index >= 15 is 0 Å². The maximum Gasteiger partial charge on any atom is 0.156 e. The van der Waals surface area contributed by atoms with E-state index in [1.807, 2.05) is 6.92 Å². The Labute approximate surface area is 89.1 Å². The molecule has 1 fully saturated rings. The normalized spacial score (nSPS) is 29.3. The molecule has 0 aromatic rings. The third-order valence-electron chi connectivity index (χ3n) is 2.64. The van der Waals surface area contributed by atoms with Crippen LogP contribution >= 0.6 is 0 Å². The lowest BCUT2D eigenvalue weighted by Gasteiger charge is -2.24. The summed E-state index contributed by atoms with van der Waals surface area (Å²) in [4.78, 5) is 0. The summed E-state index contributed by atoms with van der Waals surface area (Å²) in [7, 11) is 0. The van der Waals surface area contributed by atoms with Gasteiger partial charge in [-0.3, -0.25) is 0 Å². The summed E-state index contributed by atoms with van der Waals surface area (Å²) in [6.07, 6.45) is 1.32. The predicted molar refractivity (Wildman–Crippen MR) is 55.9 cm³/mol. The van der Waals surface area contributed by atoms with Crippen molar-refractivity contribution in [3.05, 3.63) is 0 Å². The first-order chi connectivity index (χ1) is 7.11. The number of amidine groups is 1. The largest absolute Gasteiger partial charge is 0.409 e. The molecule has 6 nitrogen and oxygen atoms in total. The standard InChI is InChI=1S/C9H19N3O3/c1-2-7(8(10)12-14)11-5-9(13)3-4-15-6-9/h7,11,13-14H,2-6H2,1H3,(H2,10,12). The van der Waals surface area contributed by atoms with Crippen molar-refractivity contribution >= 4 is 5.84 Å². The zero-order valence-corrected chi connectivity index (χ0v) is 8.94. The zero-order chi connectivity index (χ0) is 11.3. The van der Waals surface area contributed by atoms with Crippen molar-refractivity contribution in [1.82, 2.24) is 5.32 Å². The summed E-state index contributed by atoms with van der Waals surface area (Å²) in [5, 5.41) is 24.5. The van der Waals surface area contributed by atoms with Crippen LogP contribution in [-0.2, 0) is 4.74 Å². The van der Waals surface area contributed by atoms with Gasteiger partial charge in [0.05, 0.1) is 12.6 Å². The summed E-state index contributed by atoms with van der Waals surface area (Å²) in [5.41, 5.74) is 4.66. The second-order valence-corrected chi connectivity index (χ2v) is 3.89. The Hall–Kier alpha value is -0.850. The maximum absolute atomic E-state index is 9.96. The second kappa shape index (κ2) is 5.29. The summed E-state index contributed by atoms with van der Waals surface area (Å²) in [6.45, 7) is 3.23. The van der Waals surface area contributed by atoms with Gasteiger partial charge in [0.1, 0.15) is 5.60 Å². The molecule has 15 heavy (non-hydrogen) atoms. The minimum absolute atomic E-state index is 0.139. The molecule has 1 aliphatic heterocycles. The van der Waals surface area contributed by atoms with Crippen LogP contribution in [0.5, 0.6) is 0 Å². The third kappa shape index (κ3) is 3.33. The van der Waals surface area contributed by atoms with E-state index in [-0.39, 0.29) is 11.9 Å². The molecule has 0 aromatic carbocycles. The number of oxime groups is 1. The van der Waals surface area contributed by atoms with Crippen molar-refractivity contribution in [2.24, 2.45) is 10.9 Å². The van der Waals surface area contributed by atoms with E-state index in [1.54, 1.807) is 0 Å². The molecule has 0 bridgehead atoms. The molecular weight excluding hydrogens is 198 g/mol. The van der Waals surface area contributed by atoms with Gasteiger partial charge in [0.2, 0.25) is 0 Å². The molecule has 0 aromatic heterocycles. The van der Waals surface area contributed by atoms with E-state index in [2.05, 4.69) is 10.5 Å². The van der Waals surface area contributed by atoms with Crippen molar-refractivity contribution < 1.29 is 15.1 Å². The summed E-state index contributed by atoms with van der Waals surface area (Å²) in [5.74, 6) is 0.139. The van der Waals surface area contributed by atoms with Crippen LogP contribution in [0.25, 0.3) is 0 Å². The van der Waals surface area contributed by atoms with Crippen molar-refractivity contribution in [3.63, 3.8) is 0 Å². The SMILES string of the molecule is CCC(NCC1(O)CCOC1)C(N)=NO. The molecule has 1 heterocycles. The number of hydrogen-bond acceptors (Lipinski definition) is 5. The number of nitrogens with one attached hydrogen (secondary N) is 1. The molecule has 0 saturated carbocycles. The van der Waals surface area contributed by atoms with Gasteiger partial charge in [-0.2, -0.15) is 0 Å². The van der Waals surface area contributed by atoms with E-state index in [4.69, 9.17) is 15.7 Å². The lowest BCUT2D eigenvalue weighted by Crippen LogP contribution is -2.49. The quantitative estimate of drug-likeness (QED) is 0.210. The zero-order valence-electron chi connectivity index (χ0n) is 8.94. The highest BCUT2D eigenvalue weighted by atomic mass is 16.5. The van der Waals surface area contributed by atoms with Gasteiger partial charge in [-0.25, -0.2) is 0 Å². The van der Waals surface area contributed by atoms with Crippen LogP contribution in [0.1, 0.15) is 19.8 Å². The van der Waals surface area contributed by atoms with E-state index in [9.17, 15) is 5.11 Å². The first-order valence-electron chi connectivity index (χ1n) is 5.12. The van der Waals surface area contributed by atoms with Gasteiger partial charge in [-0.15, -0.1) is 0 Å². The number of nitrogens with two attached hydrogens (primary N) is 1. The maximum atomic E-state index is 9.96. The molecule has 0 amide bonds. The number of rotatable bonds is 5. The van der Waals surface area contributed by atoms with Crippen molar-refractivity contribution in [2.45, 2.75) is 31.4 Å². The predicted octanol–water partition coefficient (Wildman–Crippen LogP) is -0.748. The number of hydrogen-bond donors (Lipinski definition) is 4. The first kappa shape index (κ1) is 12.2. The van der Waals surface area contributed by atoms with Gasteiger partial charge in [0.25, 0.3) is 0 Å². The fourth-order valence-electron chi connectivity index (χ4n) is 1.58. The highest BCUT2D eigenvalue weighted by Crippen LogP contribution is 2.17. The van der Waals surface area contributed by atoms with Crippen LogP contribution < -0.4 is 11.1 Å². The van der Waals surface area contributed by atoms with E-state index < -0.39 is 5.60 Å². The Kier molecular flexibility index (Phi) is 4.31. The lowest BCUT2D eigenvalue weighted by molar-refractivity contribution is 0.0261. The molecule has 1 aliphatic rings. The van der Waals surface area contributed by atoms with Gasteiger partial charge in [0, 0.05) is 19.6 Å². The average Bonchev–Trinajstić information content (AvgIpc) is 2.66. The van der Waals surface area contributed by atoms with E-state index in [0.29, 0.717) is 32.6 Å². The fourth-order valence-corrected chi connectivity index (χ4v) is 1.58. The molecule has 1 saturated heterocycles. The molecule has 88 valence electrons. The monoisotopic (exact) mass is 217 g/mol. The van der Waals surface area contributed by atoms with Crippen molar-refractivity contribution in [1.29, 1.82) is 0 Å². The van der Waals surface area contributed by atoms with Gasteiger partial charge < -0.3 is 26.1 Å². The third-order valence-corrected chi connectivity index (χ3v) is 2.64. The summed E-state index contributed by atoms with van der Waals surface area (Å²) in [6, 6.07) is -0.209. The van der Waals surface area contributed by atoms with Crippen LogP contribution in [0.3, 0.4) is 0 Å². The van der Waals surface area contributed by atoms with Gasteiger partial charge in [-0.1, -0.05) is 12.1 Å². The summed E-state index contributed by atoms with van der Waals surface area (Å²) < 4.78 is 5.11. The Morgan fingerprint density at radius 2 is 2.47 bits per heavy atom. The Balaban J connectivity index is 2.40. The first-order valence-corrected chi connectivity index (χ1v) is 5.12. The highest BCUT2D eigenvalue weighted by molar-refractivity contribution is 5.85. The fraction of sp³-hybridized carbons (Fsp3) is 0.889. The topological polar surface area (TPSA) is 100 Å². The molecule has 0 aliphatic carbocycles. The highest BCUT2D eigenvalue weighted by Gasteiger charge is 2.32. The average molecular weight is 217 g/mol. The molecule has 5 N–H and O–H groups in total. The Morgan fingerprint density at radius 1 is 1.73 bits per heavy atom. The Morgan fingerprint density at radius 3 is 2.93 bits per heavy atom. The minimum atomic E-state index is -0.816. The molecule has 2 unspecified atom stereocenters. The van der Waals surface area contributed by atoms with Gasteiger partial charge in [0.15, 0.2) is 5.84 Å².